The normalized spacial score (nSPS) is 10.4. The summed E-state index contributed by atoms with van der Waals surface area (Å²) in [5.41, 5.74) is 0.353. The highest BCUT2D eigenvalue weighted by atomic mass is 79.9. The van der Waals surface area contributed by atoms with E-state index in [0.29, 0.717) is 17.2 Å². The third kappa shape index (κ3) is 2.59. The minimum absolute atomic E-state index is 0.218. The summed E-state index contributed by atoms with van der Waals surface area (Å²) < 4.78 is 7.46. The molecule has 1 aromatic heterocycles. The molecular weight excluding hydrogens is 316 g/mol. The third-order valence-corrected chi connectivity index (χ3v) is 3.07. The van der Waals surface area contributed by atoms with Crippen molar-refractivity contribution in [1.29, 1.82) is 0 Å². The maximum Gasteiger partial charge on any atom is 0.314 e. The highest BCUT2D eigenvalue weighted by Crippen LogP contribution is 2.18. The van der Waals surface area contributed by atoms with Crippen LogP contribution in [0.1, 0.15) is 6.92 Å². The summed E-state index contributed by atoms with van der Waals surface area (Å²) in [5, 5.41) is 4.06. The Balaban J connectivity index is 2.59. The SMILES string of the molecule is CCOc1c(S)cnn(-c2cccc(Br)c2)c1=O. The smallest absolute Gasteiger partial charge is 0.314 e. The Morgan fingerprint density at radius 3 is 2.94 bits per heavy atom. The van der Waals surface area contributed by atoms with Crippen molar-refractivity contribution in [2.45, 2.75) is 11.8 Å². The predicted molar refractivity (Wildman–Crippen MR) is 76.0 cm³/mol. The number of ether oxygens (including phenoxy) is 1. The van der Waals surface area contributed by atoms with Crippen molar-refractivity contribution in [2.24, 2.45) is 0 Å². The topological polar surface area (TPSA) is 44.1 Å². The van der Waals surface area contributed by atoms with Crippen molar-refractivity contribution in [1.82, 2.24) is 9.78 Å². The fourth-order valence-electron chi connectivity index (χ4n) is 1.50. The second kappa shape index (κ2) is 5.58. The predicted octanol–water partition coefficient (Wildman–Crippen LogP) is 2.68. The maximum absolute atomic E-state index is 12.2. The molecule has 0 aliphatic rings. The first-order valence-electron chi connectivity index (χ1n) is 5.33. The molecule has 2 aromatic rings. The molecule has 0 spiro atoms. The van der Waals surface area contributed by atoms with E-state index in [4.69, 9.17) is 4.74 Å². The summed E-state index contributed by atoms with van der Waals surface area (Å²) in [6.45, 7) is 2.22. The summed E-state index contributed by atoms with van der Waals surface area (Å²) in [6, 6.07) is 7.32. The summed E-state index contributed by atoms with van der Waals surface area (Å²) in [4.78, 5) is 12.6. The summed E-state index contributed by atoms with van der Waals surface area (Å²) in [6.07, 6.45) is 1.50. The zero-order chi connectivity index (χ0) is 13.1. The van der Waals surface area contributed by atoms with Crippen molar-refractivity contribution in [2.75, 3.05) is 6.61 Å². The van der Waals surface area contributed by atoms with Gasteiger partial charge in [0.15, 0.2) is 0 Å². The van der Waals surface area contributed by atoms with Crippen LogP contribution in [0.25, 0.3) is 5.69 Å². The van der Waals surface area contributed by atoms with Gasteiger partial charge in [0.25, 0.3) is 0 Å². The van der Waals surface area contributed by atoms with Crippen LogP contribution in [-0.4, -0.2) is 16.4 Å². The van der Waals surface area contributed by atoms with Gasteiger partial charge in [-0.2, -0.15) is 9.78 Å². The molecule has 1 heterocycles. The Kier molecular flexibility index (Phi) is 4.08. The van der Waals surface area contributed by atoms with E-state index in [2.05, 4.69) is 33.7 Å². The van der Waals surface area contributed by atoms with E-state index in [1.165, 1.54) is 10.9 Å². The minimum atomic E-state index is -0.317. The molecule has 0 atom stereocenters. The molecule has 94 valence electrons. The van der Waals surface area contributed by atoms with Crippen LogP contribution in [0.4, 0.5) is 0 Å². The van der Waals surface area contributed by atoms with Gasteiger partial charge in [-0.3, -0.25) is 4.79 Å². The average Bonchev–Trinajstić information content (AvgIpc) is 2.34. The van der Waals surface area contributed by atoms with Crippen LogP contribution in [0.2, 0.25) is 0 Å². The van der Waals surface area contributed by atoms with Gasteiger partial charge in [0, 0.05) is 4.47 Å². The second-order valence-corrected chi connectivity index (χ2v) is 4.89. The number of aromatic nitrogens is 2. The standard InChI is InChI=1S/C12H11BrN2O2S/c1-2-17-11-10(18)7-14-15(12(11)16)9-5-3-4-8(13)6-9/h3-7,18H,2H2,1H3. The van der Waals surface area contributed by atoms with E-state index < -0.39 is 0 Å². The Hall–Kier alpha value is -1.27. The van der Waals surface area contributed by atoms with Gasteiger partial charge < -0.3 is 4.74 Å². The number of rotatable bonds is 3. The van der Waals surface area contributed by atoms with Gasteiger partial charge >= 0.3 is 5.56 Å². The van der Waals surface area contributed by atoms with Crippen LogP contribution in [0.3, 0.4) is 0 Å². The molecule has 4 nitrogen and oxygen atoms in total. The van der Waals surface area contributed by atoms with E-state index in [9.17, 15) is 4.79 Å². The maximum atomic E-state index is 12.2. The molecule has 2 rings (SSSR count). The number of hydrogen-bond acceptors (Lipinski definition) is 4. The lowest BCUT2D eigenvalue weighted by Gasteiger charge is -2.09. The summed E-state index contributed by atoms with van der Waals surface area (Å²) >= 11 is 7.53. The van der Waals surface area contributed by atoms with E-state index in [1.807, 2.05) is 25.1 Å². The Labute approximate surface area is 118 Å². The van der Waals surface area contributed by atoms with E-state index in [1.54, 1.807) is 6.07 Å². The van der Waals surface area contributed by atoms with Crippen LogP contribution in [0.5, 0.6) is 5.75 Å². The monoisotopic (exact) mass is 326 g/mol. The molecule has 0 saturated carbocycles. The lowest BCUT2D eigenvalue weighted by atomic mass is 10.3. The fourth-order valence-corrected chi connectivity index (χ4v) is 2.10. The lowest BCUT2D eigenvalue weighted by molar-refractivity contribution is 0.323. The van der Waals surface area contributed by atoms with E-state index >= 15 is 0 Å². The first-order valence-corrected chi connectivity index (χ1v) is 6.57. The molecule has 0 fully saturated rings. The molecule has 0 radical (unpaired) electrons. The van der Waals surface area contributed by atoms with Crippen molar-refractivity contribution in [3.05, 3.63) is 45.3 Å². The van der Waals surface area contributed by atoms with Gasteiger partial charge in [-0.1, -0.05) is 22.0 Å². The van der Waals surface area contributed by atoms with Gasteiger partial charge in [-0.05, 0) is 25.1 Å². The molecule has 6 heteroatoms. The van der Waals surface area contributed by atoms with Crippen LogP contribution in [0, 0.1) is 0 Å². The first-order chi connectivity index (χ1) is 8.63. The molecule has 0 bridgehead atoms. The van der Waals surface area contributed by atoms with Gasteiger partial charge in [0.1, 0.15) is 0 Å². The number of nitrogens with zero attached hydrogens (tertiary/aromatic N) is 2. The molecule has 0 amide bonds. The number of benzene rings is 1. The Bertz CT molecular complexity index is 628. The summed E-state index contributed by atoms with van der Waals surface area (Å²) in [7, 11) is 0. The Morgan fingerprint density at radius 2 is 2.28 bits per heavy atom. The zero-order valence-electron chi connectivity index (χ0n) is 9.63. The molecule has 18 heavy (non-hydrogen) atoms. The molecule has 0 aliphatic carbocycles. The van der Waals surface area contributed by atoms with E-state index in [-0.39, 0.29) is 11.3 Å². The molecule has 0 saturated heterocycles. The molecule has 0 unspecified atom stereocenters. The van der Waals surface area contributed by atoms with Gasteiger partial charge in [0.2, 0.25) is 5.75 Å². The number of halogens is 1. The third-order valence-electron chi connectivity index (χ3n) is 2.26. The number of thiol groups is 1. The zero-order valence-corrected chi connectivity index (χ0v) is 12.1. The van der Waals surface area contributed by atoms with Gasteiger partial charge in [-0.15, -0.1) is 12.6 Å². The van der Waals surface area contributed by atoms with Crippen LogP contribution in [-0.2, 0) is 0 Å². The summed E-state index contributed by atoms with van der Waals surface area (Å²) in [5.74, 6) is 0.218. The Morgan fingerprint density at radius 1 is 1.50 bits per heavy atom. The highest BCUT2D eigenvalue weighted by molar-refractivity contribution is 9.10. The van der Waals surface area contributed by atoms with Crippen LogP contribution < -0.4 is 10.3 Å². The first kappa shape index (κ1) is 13.2. The van der Waals surface area contributed by atoms with Crippen LogP contribution in [0.15, 0.2) is 44.6 Å². The highest BCUT2D eigenvalue weighted by Gasteiger charge is 2.11. The lowest BCUT2D eigenvalue weighted by Crippen LogP contribution is -2.23. The number of hydrogen-bond donors (Lipinski definition) is 1. The van der Waals surface area contributed by atoms with E-state index in [0.717, 1.165) is 4.47 Å². The van der Waals surface area contributed by atoms with Crippen molar-refractivity contribution < 1.29 is 4.74 Å². The average molecular weight is 327 g/mol. The van der Waals surface area contributed by atoms with Gasteiger partial charge in [-0.25, -0.2) is 0 Å². The van der Waals surface area contributed by atoms with Crippen molar-refractivity contribution in [3.8, 4) is 11.4 Å². The van der Waals surface area contributed by atoms with Gasteiger partial charge in [0.05, 0.1) is 23.4 Å². The fraction of sp³-hybridized carbons (Fsp3) is 0.167. The quantitative estimate of drug-likeness (QED) is 0.882. The molecular formula is C12H11BrN2O2S. The molecule has 0 aliphatic heterocycles. The molecule has 0 N–H and O–H groups in total. The largest absolute Gasteiger partial charge is 0.487 e. The minimum Gasteiger partial charge on any atom is -0.487 e. The second-order valence-electron chi connectivity index (χ2n) is 3.49. The van der Waals surface area contributed by atoms with Crippen LogP contribution >= 0.6 is 28.6 Å². The van der Waals surface area contributed by atoms with Crippen molar-refractivity contribution >= 4 is 28.6 Å². The molecule has 1 aromatic carbocycles. The van der Waals surface area contributed by atoms with Crippen molar-refractivity contribution in [3.63, 3.8) is 0 Å².